The molecule has 23 heavy (non-hydrogen) atoms. The monoisotopic (exact) mass is 374 g/mol. The minimum absolute atomic E-state index is 0.0357. The first kappa shape index (κ1) is 18.0. The Morgan fingerprint density at radius 1 is 1.17 bits per heavy atom. The van der Waals surface area contributed by atoms with E-state index in [9.17, 15) is 16.8 Å². The van der Waals surface area contributed by atoms with Gasteiger partial charge in [-0.2, -0.15) is 0 Å². The van der Waals surface area contributed by atoms with Gasteiger partial charge in [-0.15, -0.1) is 11.3 Å². The van der Waals surface area contributed by atoms with Crippen LogP contribution in [0.2, 0.25) is 0 Å². The van der Waals surface area contributed by atoms with Gasteiger partial charge in [0, 0.05) is 0 Å². The van der Waals surface area contributed by atoms with E-state index in [0.717, 1.165) is 11.3 Å². The molecule has 8 heteroatoms. The van der Waals surface area contributed by atoms with E-state index in [0.29, 0.717) is 11.3 Å². The van der Waals surface area contributed by atoms with E-state index in [-0.39, 0.29) is 14.9 Å². The van der Waals surface area contributed by atoms with Gasteiger partial charge in [-0.05, 0) is 56.0 Å². The standard InChI is InChI=1S/C15H18O5S3/c1-15(2,3)20-12-7-11(10-22(16)17)8-13(9-12)23(18,19)14-5-4-6-21-14/h4-9,22H,10H2,1-3H3. The Morgan fingerprint density at radius 3 is 2.39 bits per heavy atom. The van der Waals surface area contributed by atoms with Gasteiger partial charge in [0.05, 0.1) is 10.6 Å². The molecule has 0 bridgehead atoms. The first-order chi connectivity index (χ1) is 10.6. The Morgan fingerprint density at radius 2 is 1.87 bits per heavy atom. The lowest BCUT2D eigenvalue weighted by Crippen LogP contribution is -2.23. The summed E-state index contributed by atoms with van der Waals surface area (Å²) in [5.41, 5.74) is -0.139. The van der Waals surface area contributed by atoms with Crippen LogP contribution in [0.15, 0.2) is 44.8 Å². The van der Waals surface area contributed by atoms with Crippen LogP contribution < -0.4 is 4.74 Å². The molecule has 1 aromatic heterocycles. The number of benzene rings is 1. The molecule has 0 spiro atoms. The molecule has 2 rings (SSSR count). The van der Waals surface area contributed by atoms with Crippen LogP contribution in [0, 0.1) is 0 Å². The molecule has 5 nitrogen and oxygen atoms in total. The highest BCUT2D eigenvalue weighted by Gasteiger charge is 2.22. The van der Waals surface area contributed by atoms with Crippen molar-refractivity contribution in [2.75, 3.05) is 0 Å². The van der Waals surface area contributed by atoms with Crippen LogP contribution in [0.25, 0.3) is 0 Å². The summed E-state index contributed by atoms with van der Waals surface area (Å²) in [7, 11) is -6.35. The number of rotatable bonds is 5. The summed E-state index contributed by atoms with van der Waals surface area (Å²) in [6, 6.07) is 7.55. The second-order valence-corrected chi connectivity index (χ2v) is 10.1. The summed E-state index contributed by atoms with van der Waals surface area (Å²) in [6.07, 6.45) is 0. The van der Waals surface area contributed by atoms with Gasteiger partial charge in [0.2, 0.25) is 9.84 Å². The van der Waals surface area contributed by atoms with Crippen molar-refractivity contribution in [3.8, 4) is 5.75 Å². The highest BCUT2D eigenvalue weighted by Crippen LogP contribution is 2.30. The van der Waals surface area contributed by atoms with E-state index in [1.54, 1.807) is 17.5 Å². The lowest BCUT2D eigenvalue weighted by atomic mass is 10.2. The zero-order valence-corrected chi connectivity index (χ0v) is 15.5. The van der Waals surface area contributed by atoms with E-state index in [1.807, 2.05) is 20.8 Å². The average molecular weight is 375 g/mol. The number of thiol groups is 1. The predicted octanol–water partition coefficient (Wildman–Crippen LogP) is 2.87. The van der Waals surface area contributed by atoms with Gasteiger partial charge in [-0.25, -0.2) is 16.8 Å². The zero-order chi connectivity index (χ0) is 17.3. The van der Waals surface area contributed by atoms with E-state index < -0.39 is 26.1 Å². The van der Waals surface area contributed by atoms with Crippen molar-refractivity contribution in [1.82, 2.24) is 0 Å². The lowest BCUT2D eigenvalue weighted by Gasteiger charge is -2.22. The van der Waals surface area contributed by atoms with Gasteiger partial charge in [-0.3, -0.25) is 0 Å². The summed E-state index contributed by atoms with van der Waals surface area (Å²) >= 11 is 1.12. The minimum atomic E-state index is -3.69. The molecule has 0 aliphatic carbocycles. The van der Waals surface area contributed by atoms with Crippen LogP contribution in [0.3, 0.4) is 0 Å². The molecule has 1 heterocycles. The van der Waals surface area contributed by atoms with Crippen molar-refractivity contribution in [2.24, 2.45) is 0 Å². The quantitative estimate of drug-likeness (QED) is 0.814. The SMILES string of the molecule is CC(C)(C)Oc1cc(C[SH](=O)=O)cc(S(=O)(=O)c2cccs2)c1. The Hall–Kier alpha value is -1.38. The van der Waals surface area contributed by atoms with Crippen molar-refractivity contribution < 1.29 is 21.6 Å². The molecule has 0 aliphatic heterocycles. The number of ether oxygens (including phenoxy) is 1. The molecule has 2 aromatic rings. The van der Waals surface area contributed by atoms with Crippen molar-refractivity contribution in [3.63, 3.8) is 0 Å². The fraction of sp³-hybridized carbons (Fsp3) is 0.333. The minimum Gasteiger partial charge on any atom is -0.488 e. The molecular weight excluding hydrogens is 356 g/mol. The molecule has 0 amide bonds. The Bertz CT molecular complexity index is 849. The van der Waals surface area contributed by atoms with Crippen LogP contribution in [0.5, 0.6) is 5.75 Å². The van der Waals surface area contributed by atoms with E-state index >= 15 is 0 Å². The molecule has 1 aromatic carbocycles. The van der Waals surface area contributed by atoms with E-state index in [4.69, 9.17) is 4.74 Å². The van der Waals surface area contributed by atoms with Crippen molar-refractivity contribution in [3.05, 3.63) is 41.3 Å². The average Bonchev–Trinajstić information content (AvgIpc) is 2.89. The Kier molecular flexibility index (Phi) is 5.17. The van der Waals surface area contributed by atoms with Gasteiger partial charge in [0.1, 0.15) is 26.3 Å². The van der Waals surface area contributed by atoms with Crippen LogP contribution >= 0.6 is 11.3 Å². The largest absolute Gasteiger partial charge is 0.488 e. The maximum Gasteiger partial charge on any atom is 0.216 e. The third kappa shape index (κ3) is 4.79. The van der Waals surface area contributed by atoms with Crippen LogP contribution in [0.1, 0.15) is 26.3 Å². The third-order valence-electron chi connectivity index (χ3n) is 2.75. The molecule has 0 radical (unpaired) electrons. The number of thiophene rings is 1. The topological polar surface area (TPSA) is 77.5 Å². The summed E-state index contributed by atoms with van der Waals surface area (Å²) in [5, 5.41) is 1.68. The maximum absolute atomic E-state index is 12.7. The molecule has 0 saturated carbocycles. The number of hydrogen-bond acceptors (Lipinski definition) is 6. The molecule has 0 unspecified atom stereocenters. The smallest absolute Gasteiger partial charge is 0.216 e. The number of hydrogen-bond donors (Lipinski definition) is 1. The summed E-state index contributed by atoms with van der Waals surface area (Å²) < 4.78 is 53.2. The van der Waals surface area contributed by atoms with Gasteiger partial charge in [-0.1, -0.05) is 6.07 Å². The van der Waals surface area contributed by atoms with Gasteiger partial charge < -0.3 is 4.74 Å². The molecule has 0 N–H and O–H groups in total. The van der Waals surface area contributed by atoms with Crippen LogP contribution in [-0.4, -0.2) is 22.4 Å². The van der Waals surface area contributed by atoms with Crippen molar-refractivity contribution in [2.45, 2.75) is 41.2 Å². The summed E-state index contributed by atoms with van der Waals surface area (Å²) in [4.78, 5) is 0.0357. The first-order valence-electron chi connectivity index (χ1n) is 6.81. The van der Waals surface area contributed by atoms with Crippen LogP contribution in [0.4, 0.5) is 0 Å². The summed E-state index contributed by atoms with van der Waals surface area (Å²) in [5.74, 6) is 0.103. The third-order valence-corrected chi connectivity index (χ3v) is 6.50. The van der Waals surface area contributed by atoms with Crippen molar-refractivity contribution in [1.29, 1.82) is 0 Å². The Balaban J connectivity index is 2.56. The van der Waals surface area contributed by atoms with Crippen molar-refractivity contribution >= 4 is 31.9 Å². The number of sulfone groups is 1. The Labute approximate surface area is 141 Å². The van der Waals surface area contributed by atoms with E-state index in [1.165, 1.54) is 18.2 Å². The fourth-order valence-electron chi connectivity index (χ4n) is 1.97. The van der Waals surface area contributed by atoms with Gasteiger partial charge >= 0.3 is 0 Å². The molecule has 0 saturated heterocycles. The molecule has 0 fully saturated rings. The second kappa shape index (κ2) is 6.62. The molecular formula is C15H18O5S3. The fourth-order valence-corrected chi connectivity index (χ4v) is 4.93. The summed E-state index contributed by atoms with van der Waals surface area (Å²) in [6.45, 7) is 5.50. The first-order valence-corrected chi connectivity index (χ1v) is 10.5. The highest BCUT2D eigenvalue weighted by atomic mass is 32.2. The van der Waals surface area contributed by atoms with E-state index in [2.05, 4.69) is 0 Å². The molecule has 0 atom stereocenters. The van der Waals surface area contributed by atoms with Gasteiger partial charge in [0.15, 0.2) is 0 Å². The van der Waals surface area contributed by atoms with Crippen LogP contribution in [-0.2, 0) is 26.3 Å². The molecule has 126 valence electrons. The van der Waals surface area contributed by atoms with Gasteiger partial charge in [0.25, 0.3) is 0 Å². The maximum atomic E-state index is 12.7. The predicted molar refractivity (Wildman–Crippen MR) is 90.6 cm³/mol. The normalized spacial score (nSPS) is 12.5. The molecule has 0 aliphatic rings. The lowest BCUT2D eigenvalue weighted by molar-refractivity contribution is 0.130. The highest BCUT2D eigenvalue weighted by molar-refractivity contribution is 7.93. The second-order valence-electron chi connectivity index (χ2n) is 5.95. The zero-order valence-electron chi connectivity index (χ0n) is 13.0.